The Morgan fingerprint density at radius 2 is 2.00 bits per heavy atom. The first-order valence-electron chi connectivity index (χ1n) is 8.18. The summed E-state index contributed by atoms with van der Waals surface area (Å²) in [5, 5.41) is 3.21. The van der Waals surface area contributed by atoms with Crippen molar-refractivity contribution in [3.05, 3.63) is 35.9 Å². The lowest BCUT2D eigenvalue weighted by molar-refractivity contribution is -0.122. The Labute approximate surface area is 128 Å². The first kappa shape index (κ1) is 16.0. The molecule has 3 N–H and O–H groups in total. The molecule has 21 heavy (non-hydrogen) atoms. The quantitative estimate of drug-likeness (QED) is 0.872. The second kappa shape index (κ2) is 7.60. The maximum Gasteiger partial charge on any atom is 0.220 e. The van der Waals surface area contributed by atoms with Gasteiger partial charge in [0.05, 0.1) is 0 Å². The Bertz CT molecular complexity index is 446. The number of hydrogen-bond acceptors (Lipinski definition) is 2. The highest BCUT2D eigenvalue weighted by molar-refractivity contribution is 5.76. The van der Waals surface area contributed by atoms with Crippen LogP contribution in [0.3, 0.4) is 0 Å². The molecule has 0 bridgehead atoms. The van der Waals surface area contributed by atoms with Gasteiger partial charge in [-0.3, -0.25) is 4.79 Å². The minimum Gasteiger partial charge on any atom is -0.353 e. The van der Waals surface area contributed by atoms with E-state index in [1.165, 1.54) is 12.8 Å². The van der Waals surface area contributed by atoms with Gasteiger partial charge in [0.15, 0.2) is 0 Å². The molecule has 0 heterocycles. The van der Waals surface area contributed by atoms with Crippen LogP contribution in [0.4, 0.5) is 0 Å². The summed E-state index contributed by atoms with van der Waals surface area (Å²) in [7, 11) is 0. The Morgan fingerprint density at radius 3 is 2.71 bits per heavy atom. The monoisotopic (exact) mass is 288 g/mol. The second-order valence-electron chi connectivity index (χ2n) is 6.50. The number of rotatable bonds is 5. The highest BCUT2D eigenvalue weighted by Crippen LogP contribution is 2.29. The summed E-state index contributed by atoms with van der Waals surface area (Å²) in [4.78, 5) is 12.1. The number of amides is 1. The van der Waals surface area contributed by atoms with Gasteiger partial charge >= 0.3 is 0 Å². The summed E-state index contributed by atoms with van der Waals surface area (Å²) in [5.41, 5.74) is 7.25. The molecule has 3 nitrogen and oxygen atoms in total. The smallest absolute Gasteiger partial charge is 0.220 e. The van der Waals surface area contributed by atoms with E-state index in [-0.39, 0.29) is 11.9 Å². The van der Waals surface area contributed by atoms with Gasteiger partial charge in [-0.1, -0.05) is 57.0 Å². The van der Waals surface area contributed by atoms with Gasteiger partial charge in [-0.2, -0.15) is 0 Å². The van der Waals surface area contributed by atoms with Crippen LogP contribution in [0.2, 0.25) is 0 Å². The Balaban J connectivity index is 1.77. The molecule has 2 rings (SSSR count). The van der Waals surface area contributed by atoms with Crippen molar-refractivity contribution in [2.24, 2.45) is 17.6 Å². The predicted molar refractivity (Wildman–Crippen MR) is 86.7 cm³/mol. The molecule has 0 spiro atoms. The third-order valence-corrected chi connectivity index (χ3v) is 4.96. The van der Waals surface area contributed by atoms with Crippen LogP contribution in [0.1, 0.15) is 57.6 Å². The maximum absolute atomic E-state index is 12.1. The standard InChI is InChI=1S/C18H28N2O/c1-13-7-6-10-17(14(13)2)20-18(21)12-11-16(19)15-8-4-3-5-9-15/h3-5,8-9,13-14,16-17H,6-7,10-12,19H2,1-2H3,(H,20,21). The van der Waals surface area contributed by atoms with E-state index < -0.39 is 0 Å². The van der Waals surface area contributed by atoms with Crippen LogP contribution >= 0.6 is 0 Å². The van der Waals surface area contributed by atoms with E-state index in [4.69, 9.17) is 5.73 Å². The third-order valence-electron chi connectivity index (χ3n) is 4.96. The molecule has 1 saturated carbocycles. The van der Waals surface area contributed by atoms with E-state index in [2.05, 4.69) is 19.2 Å². The van der Waals surface area contributed by atoms with Crippen LogP contribution in [0, 0.1) is 11.8 Å². The molecule has 0 aromatic heterocycles. The molecule has 3 heteroatoms. The van der Waals surface area contributed by atoms with Crippen molar-refractivity contribution >= 4 is 5.91 Å². The van der Waals surface area contributed by atoms with E-state index in [0.29, 0.717) is 30.7 Å². The largest absolute Gasteiger partial charge is 0.353 e. The van der Waals surface area contributed by atoms with Crippen LogP contribution in [0.15, 0.2) is 30.3 Å². The lowest BCUT2D eigenvalue weighted by atomic mass is 9.78. The molecule has 0 radical (unpaired) electrons. The fraction of sp³-hybridized carbons (Fsp3) is 0.611. The van der Waals surface area contributed by atoms with Gasteiger partial charge in [0.2, 0.25) is 5.91 Å². The van der Waals surface area contributed by atoms with Crippen LogP contribution in [-0.2, 0) is 4.79 Å². The van der Waals surface area contributed by atoms with Crippen molar-refractivity contribution in [1.82, 2.24) is 5.32 Å². The Hall–Kier alpha value is -1.35. The lowest BCUT2D eigenvalue weighted by Gasteiger charge is -2.34. The molecule has 116 valence electrons. The summed E-state index contributed by atoms with van der Waals surface area (Å²) in [6.45, 7) is 4.54. The van der Waals surface area contributed by atoms with E-state index in [9.17, 15) is 4.79 Å². The minimum atomic E-state index is -0.0559. The van der Waals surface area contributed by atoms with Gasteiger partial charge in [-0.15, -0.1) is 0 Å². The zero-order valence-electron chi connectivity index (χ0n) is 13.2. The zero-order valence-corrected chi connectivity index (χ0v) is 13.2. The number of carbonyl (C=O) groups is 1. The Kier molecular flexibility index (Phi) is 5.80. The van der Waals surface area contributed by atoms with Gasteiger partial charge < -0.3 is 11.1 Å². The molecular formula is C18H28N2O. The first-order chi connectivity index (χ1) is 10.1. The fourth-order valence-corrected chi connectivity index (χ4v) is 3.22. The van der Waals surface area contributed by atoms with Gasteiger partial charge in [-0.05, 0) is 30.2 Å². The minimum absolute atomic E-state index is 0.0559. The Morgan fingerprint density at radius 1 is 1.29 bits per heavy atom. The number of hydrogen-bond donors (Lipinski definition) is 2. The topological polar surface area (TPSA) is 55.1 Å². The summed E-state index contributed by atoms with van der Waals surface area (Å²) in [5.74, 6) is 1.42. The molecule has 1 aromatic carbocycles. The molecule has 4 unspecified atom stereocenters. The highest BCUT2D eigenvalue weighted by Gasteiger charge is 2.28. The van der Waals surface area contributed by atoms with E-state index in [0.717, 1.165) is 12.0 Å². The third kappa shape index (κ3) is 4.57. The SMILES string of the molecule is CC1CCCC(NC(=O)CCC(N)c2ccccc2)C1C. The zero-order chi connectivity index (χ0) is 15.2. The highest BCUT2D eigenvalue weighted by atomic mass is 16.1. The number of carbonyl (C=O) groups excluding carboxylic acids is 1. The van der Waals surface area contributed by atoms with Crippen molar-refractivity contribution in [3.63, 3.8) is 0 Å². The first-order valence-corrected chi connectivity index (χ1v) is 8.18. The molecule has 0 aliphatic heterocycles. The number of nitrogens with two attached hydrogens (primary N) is 1. The van der Waals surface area contributed by atoms with Crippen molar-refractivity contribution in [1.29, 1.82) is 0 Å². The van der Waals surface area contributed by atoms with Crippen molar-refractivity contribution in [3.8, 4) is 0 Å². The average Bonchev–Trinajstić information content (AvgIpc) is 2.50. The van der Waals surface area contributed by atoms with Gasteiger partial charge in [0, 0.05) is 18.5 Å². The van der Waals surface area contributed by atoms with Crippen LogP contribution in [0.25, 0.3) is 0 Å². The molecule has 1 aliphatic carbocycles. The maximum atomic E-state index is 12.1. The molecule has 1 aliphatic rings. The second-order valence-corrected chi connectivity index (χ2v) is 6.50. The van der Waals surface area contributed by atoms with Crippen molar-refractivity contribution in [2.75, 3.05) is 0 Å². The molecule has 1 aromatic rings. The summed E-state index contributed by atoms with van der Waals surface area (Å²) >= 11 is 0. The van der Waals surface area contributed by atoms with E-state index in [1.54, 1.807) is 0 Å². The number of benzene rings is 1. The van der Waals surface area contributed by atoms with Crippen LogP contribution < -0.4 is 11.1 Å². The van der Waals surface area contributed by atoms with E-state index >= 15 is 0 Å². The van der Waals surface area contributed by atoms with Crippen molar-refractivity contribution < 1.29 is 4.79 Å². The fourth-order valence-electron chi connectivity index (χ4n) is 3.22. The molecule has 4 atom stereocenters. The molecule has 1 amide bonds. The predicted octanol–water partition coefficient (Wildman–Crippen LogP) is 3.41. The molecule has 1 fully saturated rings. The number of nitrogens with one attached hydrogen (secondary N) is 1. The summed E-state index contributed by atoms with van der Waals surface area (Å²) in [6.07, 6.45) is 4.83. The molecular weight excluding hydrogens is 260 g/mol. The van der Waals surface area contributed by atoms with Crippen LogP contribution in [-0.4, -0.2) is 11.9 Å². The van der Waals surface area contributed by atoms with Crippen LogP contribution in [0.5, 0.6) is 0 Å². The van der Waals surface area contributed by atoms with Gasteiger partial charge in [0.25, 0.3) is 0 Å². The lowest BCUT2D eigenvalue weighted by Crippen LogP contribution is -2.43. The average molecular weight is 288 g/mol. The summed E-state index contributed by atoms with van der Waals surface area (Å²) in [6, 6.07) is 10.3. The van der Waals surface area contributed by atoms with Crippen molar-refractivity contribution in [2.45, 2.75) is 58.0 Å². The molecule has 0 saturated heterocycles. The summed E-state index contributed by atoms with van der Waals surface area (Å²) < 4.78 is 0. The van der Waals surface area contributed by atoms with E-state index in [1.807, 2.05) is 30.3 Å². The normalized spacial score (nSPS) is 27.1. The van der Waals surface area contributed by atoms with Gasteiger partial charge in [-0.25, -0.2) is 0 Å². The van der Waals surface area contributed by atoms with Gasteiger partial charge in [0.1, 0.15) is 0 Å².